The van der Waals surface area contributed by atoms with Crippen molar-refractivity contribution < 1.29 is 9.84 Å². The van der Waals surface area contributed by atoms with E-state index in [0.29, 0.717) is 12.7 Å². The second-order valence-corrected chi connectivity index (χ2v) is 5.80. The Morgan fingerprint density at radius 3 is 2.94 bits per heavy atom. The number of piperidine rings is 1. The van der Waals surface area contributed by atoms with Crippen LogP contribution in [0.15, 0.2) is 0 Å². The number of rotatable bonds is 3. The lowest BCUT2D eigenvalue weighted by atomic mass is 9.82. The average molecular weight is 227 g/mol. The standard InChI is InChI=1S/C13H25NO2/c1-13(11-15)6-4-7-14(10-13)9-12-5-2-3-8-16-12/h12,15H,2-11H2,1H3. The molecule has 2 saturated heterocycles. The van der Waals surface area contributed by atoms with Gasteiger partial charge in [-0.3, -0.25) is 0 Å². The molecule has 0 spiro atoms. The molecule has 3 nitrogen and oxygen atoms in total. The first kappa shape index (κ1) is 12.3. The first-order chi connectivity index (χ1) is 7.72. The van der Waals surface area contributed by atoms with Gasteiger partial charge in [0.15, 0.2) is 0 Å². The van der Waals surface area contributed by atoms with Crippen LogP contribution in [0.5, 0.6) is 0 Å². The first-order valence-electron chi connectivity index (χ1n) is 6.67. The van der Waals surface area contributed by atoms with Crippen molar-refractivity contribution in [1.82, 2.24) is 4.90 Å². The Kier molecular flexibility index (Phi) is 4.22. The number of hydrogen-bond donors (Lipinski definition) is 1. The van der Waals surface area contributed by atoms with Crippen LogP contribution in [0.2, 0.25) is 0 Å². The molecule has 2 heterocycles. The number of nitrogens with zero attached hydrogens (tertiary/aromatic N) is 1. The highest BCUT2D eigenvalue weighted by atomic mass is 16.5. The molecule has 2 fully saturated rings. The van der Waals surface area contributed by atoms with Crippen LogP contribution in [0.25, 0.3) is 0 Å². The predicted molar refractivity (Wildman–Crippen MR) is 64.5 cm³/mol. The summed E-state index contributed by atoms with van der Waals surface area (Å²) in [6.07, 6.45) is 6.57. The number of likely N-dealkylation sites (tertiary alicyclic amines) is 1. The maximum atomic E-state index is 9.42. The van der Waals surface area contributed by atoms with E-state index in [2.05, 4.69) is 11.8 Å². The second-order valence-electron chi connectivity index (χ2n) is 5.80. The zero-order valence-electron chi connectivity index (χ0n) is 10.5. The van der Waals surface area contributed by atoms with Crippen LogP contribution in [-0.4, -0.2) is 49.0 Å². The van der Waals surface area contributed by atoms with Crippen molar-refractivity contribution in [2.45, 2.75) is 45.1 Å². The summed E-state index contributed by atoms with van der Waals surface area (Å²) in [5.41, 5.74) is 0.118. The molecule has 0 bridgehead atoms. The Morgan fingerprint density at radius 2 is 2.25 bits per heavy atom. The third kappa shape index (κ3) is 3.19. The Balaban J connectivity index is 1.80. The van der Waals surface area contributed by atoms with Crippen LogP contribution >= 0.6 is 0 Å². The van der Waals surface area contributed by atoms with Gasteiger partial charge in [0.1, 0.15) is 0 Å². The summed E-state index contributed by atoms with van der Waals surface area (Å²) in [6.45, 7) is 6.72. The van der Waals surface area contributed by atoms with Crippen LogP contribution in [0.3, 0.4) is 0 Å². The Labute approximate surface area is 98.8 Å². The largest absolute Gasteiger partial charge is 0.396 e. The van der Waals surface area contributed by atoms with Crippen molar-refractivity contribution >= 4 is 0 Å². The van der Waals surface area contributed by atoms with Gasteiger partial charge in [-0.15, -0.1) is 0 Å². The van der Waals surface area contributed by atoms with Crippen molar-refractivity contribution in [1.29, 1.82) is 0 Å². The molecule has 0 amide bonds. The molecular weight excluding hydrogens is 202 g/mol. The number of ether oxygens (including phenoxy) is 1. The molecule has 3 heteroatoms. The van der Waals surface area contributed by atoms with Gasteiger partial charge >= 0.3 is 0 Å². The number of aliphatic hydroxyl groups is 1. The molecular formula is C13H25NO2. The van der Waals surface area contributed by atoms with E-state index in [1.165, 1.54) is 32.2 Å². The van der Waals surface area contributed by atoms with E-state index < -0.39 is 0 Å². The van der Waals surface area contributed by atoms with Gasteiger partial charge in [0.05, 0.1) is 6.10 Å². The van der Waals surface area contributed by atoms with E-state index in [9.17, 15) is 5.11 Å². The fourth-order valence-corrected chi connectivity index (χ4v) is 2.95. The monoisotopic (exact) mass is 227 g/mol. The maximum absolute atomic E-state index is 9.42. The summed E-state index contributed by atoms with van der Waals surface area (Å²) in [4.78, 5) is 2.48. The van der Waals surface area contributed by atoms with Crippen molar-refractivity contribution in [3.63, 3.8) is 0 Å². The molecule has 0 aromatic carbocycles. The summed E-state index contributed by atoms with van der Waals surface area (Å²) in [5.74, 6) is 0. The van der Waals surface area contributed by atoms with E-state index in [1.54, 1.807) is 0 Å². The van der Waals surface area contributed by atoms with Gasteiger partial charge in [0, 0.05) is 31.7 Å². The van der Waals surface area contributed by atoms with Crippen molar-refractivity contribution in [2.24, 2.45) is 5.41 Å². The summed E-state index contributed by atoms with van der Waals surface area (Å²) >= 11 is 0. The molecule has 2 atom stereocenters. The van der Waals surface area contributed by atoms with Crippen molar-refractivity contribution in [3.8, 4) is 0 Å². The zero-order chi connectivity index (χ0) is 11.4. The first-order valence-corrected chi connectivity index (χ1v) is 6.67. The highest BCUT2D eigenvalue weighted by molar-refractivity contribution is 4.84. The minimum absolute atomic E-state index is 0.118. The molecule has 1 N–H and O–H groups in total. The van der Waals surface area contributed by atoms with Gasteiger partial charge in [-0.25, -0.2) is 0 Å². The molecule has 0 radical (unpaired) electrons. The Bertz CT molecular complexity index is 216. The van der Waals surface area contributed by atoms with Gasteiger partial charge in [-0.1, -0.05) is 6.92 Å². The summed E-state index contributed by atoms with van der Waals surface area (Å²) in [6, 6.07) is 0. The lowest BCUT2D eigenvalue weighted by Gasteiger charge is -2.41. The molecule has 0 aromatic heterocycles. The third-order valence-electron chi connectivity index (χ3n) is 3.98. The molecule has 2 aliphatic rings. The SMILES string of the molecule is CC1(CO)CCCN(CC2CCCCO2)C1. The fourth-order valence-electron chi connectivity index (χ4n) is 2.95. The van der Waals surface area contributed by atoms with Crippen LogP contribution < -0.4 is 0 Å². The Hall–Kier alpha value is -0.120. The highest BCUT2D eigenvalue weighted by Crippen LogP contribution is 2.29. The van der Waals surface area contributed by atoms with Crippen LogP contribution in [0.4, 0.5) is 0 Å². The molecule has 0 saturated carbocycles. The second kappa shape index (κ2) is 5.48. The molecule has 0 aromatic rings. The molecule has 0 aliphatic carbocycles. The third-order valence-corrected chi connectivity index (χ3v) is 3.98. The fraction of sp³-hybridized carbons (Fsp3) is 1.00. The minimum Gasteiger partial charge on any atom is -0.396 e. The van der Waals surface area contributed by atoms with Gasteiger partial charge < -0.3 is 14.7 Å². The van der Waals surface area contributed by atoms with Gasteiger partial charge in [0.25, 0.3) is 0 Å². The molecule has 16 heavy (non-hydrogen) atoms. The lowest BCUT2D eigenvalue weighted by molar-refractivity contribution is -0.0283. The van der Waals surface area contributed by atoms with Gasteiger partial charge in [0.2, 0.25) is 0 Å². The summed E-state index contributed by atoms with van der Waals surface area (Å²) in [5, 5.41) is 9.42. The molecule has 2 rings (SSSR count). The van der Waals surface area contributed by atoms with E-state index >= 15 is 0 Å². The minimum atomic E-state index is 0.118. The quantitative estimate of drug-likeness (QED) is 0.796. The van der Waals surface area contributed by atoms with Crippen LogP contribution in [0, 0.1) is 5.41 Å². The summed E-state index contributed by atoms with van der Waals surface area (Å²) < 4.78 is 5.78. The topological polar surface area (TPSA) is 32.7 Å². The van der Waals surface area contributed by atoms with E-state index in [4.69, 9.17) is 4.74 Å². The normalized spacial score (nSPS) is 37.5. The maximum Gasteiger partial charge on any atom is 0.0702 e. The van der Waals surface area contributed by atoms with E-state index in [-0.39, 0.29) is 5.41 Å². The lowest BCUT2D eigenvalue weighted by Crippen LogP contribution is -2.47. The number of hydrogen-bond acceptors (Lipinski definition) is 3. The molecule has 94 valence electrons. The van der Waals surface area contributed by atoms with Crippen molar-refractivity contribution in [3.05, 3.63) is 0 Å². The molecule has 2 unspecified atom stereocenters. The van der Waals surface area contributed by atoms with Crippen molar-refractivity contribution in [2.75, 3.05) is 32.8 Å². The van der Waals surface area contributed by atoms with Crippen LogP contribution in [-0.2, 0) is 4.74 Å². The average Bonchev–Trinajstić information content (AvgIpc) is 2.30. The predicted octanol–water partition coefficient (Wildman–Crippen LogP) is 1.65. The van der Waals surface area contributed by atoms with Crippen LogP contribution in [0.1, 0.15) is 39.0 Å². The zero-order valence-corrected chi connectivity index (χ0v) is 10.5. The summed E-state index contributed by atoms with van der Waals surface area (Å²) in [7, 11) is 0. The molecule has 2 aliphatic heterocycles. The number of aliphatic hydroxyl groups excluding tert-OH is 1. The highest BCUT2D eigenvalue weighted by Gasteiger charge is 2.31. The van der Waals surface area contributed by atoms with Gasteiger partial charge in [-0.2, -0.15) is 0 Å². The smallest absolute Gasteiger partial charge is 0.0702 e. The Morgan fingerprint density at radius 1 is 1.38 bits per heavy atom. The van der Waals surface area contributed by atoms with Gasteiger partial charge in [-0.05, 0) is 38.6 Å². The van der Waals surface area contributed by atoms with E-state index in [0.717, 1.165) is 26.1 Å². The van der Waals surface area contributed by atoms with E-state index in [1.807, 2.05) is 0 Å².